The summed E-state index contributed by atoms with van der Waals surface area (Å²) in [6, 6.07) is 4.50. The van der Waals surface area contributed by atoms with Crippen LogP contribution in [0.15, 0.2) is 12.1 Å². The van der Waals surface area contributed by atoms with Gasteiger partial charge in [0.25, 0.3) is 0 Å². The lowest BCUT2D eigenvalue weighted by atomic mass is 10.0. The van der Waals surface area contributed by atoms with Gasteiger partial charge in [0.2, 0.25) is 0 Å². The Labute approximate surface area is 125 Å². The molecule has 1 aliphatic heterocycles. The van der Waals surface area contributed by atoms with Crippen LogP contribution < -0.4 is 14.8 Å². The van der Waals surface area contributed by atoms with Crippen LogP contribution >= 0.6 is 11.6 Å². The molecule has 3 rings (SSSR count). The van der Waals surface area contributed by atoms with Crippen LogP contribution in [0.5, 0.6) is 11.5 Å². The summed E-state index contributed by atoms with van der Waals surface area (Å²) in [4.78, 5) is 0. The first-order chi connectivity index (χ1) is 9.78. The Balaban J connectivity index is 1.87. The van der Waals surface area contributed by atoms with Gasteiger partial charge in [0.15, 0.2) is 11.5 Å². The molecule has 1 saturated heterocycles. The predicted octanol–water partition coefficient (Wildman–Crippen LogP) is 4.09. The highest BCUT2D eigenvalue weighted by atomic mass is 35.5. The maximum Gasteiger partial charge on any atom is 0.179 e. The van der Waals surface area contributed by atoms with Crippen LogP contribution in [-0.4, -0.2) is 19.8 Å². The van der Waals surface area contributed by atoms with E-state index in [-0.39, 0.29) is 0 Å². The van der Waals surface area contributed by atoms with Gasteiger partial charge in [0, 0.05) is 6.04 Å². The van der Waals surface area contributed by atoms with Crippen molar-refractivity contribution in [3.63, 3.8) is 0 Å². The van der Waals surface area contributed by atoms with Gasteiger partial charge in [-0.05, 0) is 62.8 Å². The fraction of sp³-hybridized carbons (Fsp3) is 0.625. The van der Waals surface area contributed by atoms with Gasteiger partial charge in [-0.2, -0.15) is 0 Å². The Bertz CT molecular complexity index is 466. The predicted molar refractivity (Wildman–Crippen MR) is 80.9 cm³/mol. The average molecular weight is 296 g/mol. The molecule has 0 bridgehead atoms. The molecule has 0 aromatic heterocycles. The third-order valence-electron chi connectivity index (χ3n) is 4.29. The first-order valence-electron chi connectivity index (χ1n) is 7.55. The molecule has 1 heterocycles. The zero-order chi connectivity index (χ0) is 13.9. The number of rotatable bonds is 4. The van der Waals surface area contributed by atoms with Crippen molar-refractivity contribution >= 4 is 11.6 Å². The average Bonchev–Trinajstić information content (AvgIpc) is 3.11. The Morgan fingerprint density at radius 1 is 1.15 bits per heavy atom. The van der Waals surface area contributed by atoms with Gasteiger partial charge in [-0.3, -0.25) is 0 Å². The Hall–Kier alpha value is -0.930. The maximum atomic E-state index is 6.37. The molecule has 1 saturated carbocycles. The third kappa shape index (κ3) is 2.89. The van der Waals surface area contributed by atoms with Crippen LogP contribution in [-0.2, 0) is 0 Å². The van der Waals surface area contributed by atoms with Crippen LogP contribution in [0.25, 0.3) is 0 Å². The van der Waals surface area contributed by atoms with E-state index in [1.165, 1.54) is 24.8 Å². The summed E-state index contributed by atoms with van der Waals surface area (Å²) >= 11 is 6.37. The Morgan fingerprint density at radius 3 is 2.60 bits per heavy atom. The van der Waals surface area contributed by atoms with Crippen LogP contribution in [0.3, 0.4) is 0 Å². The van der Waals surface area contributed by atoms with Crippen molar-refractivity contribution in [1.82, 2.24) is 5.32 Å². The molecular formula is C16H22ClNO2. The summed E-state index contributed by atoms with van der Waals surface area (Å²) in [6.07, 6.45) is 7.46. The van der Waals surface area contributed by atoms with Gasteiger partial charge in [-0.1, -0.05) is 11.6 Å². The lowest BCUT2D eigenvalue weighted by Crippen LogP contribution is -2.15. The number of nitrogens with one attached hydrogen (secondary N) is 1. The van der Waals surface area contributed by atoms with Crippen molar-refractivity contribution in [2.24, 2.45) is 0 Å². The Morgan fingerprint density at radius 2 is 1.95 bits per heavy atom. The van der Waals surface area contributed by atoms with Gasteiger partial charge in [0.05, 0.1) is 18.2 Å². The second-order valence-electron chi connectivity index (χ2n) is 5.71. The summed E-state index contributed by atoms with van der Waals surface area (Å²) < 4.78 is 11.6. The molecule has 2 aliphatic rings. The van der Waals surface area contributed by atoms with E-state index in [0.29, 0.717) is 22.9 Å². The number of hydrogen-bond donors (Lipinski definition) is 1. The van der Waals surface area contributed by atoms with Crippen LogP contribution in [0.1, 0.15) is 50.1 Å². The summed E-state index contributed by atoms with van der Waals surface area (Å²) in [5, 5.41) is 4.15. The zero-order valence-corrected chi connectivity index (χ0v) is 12.7. The fourth-order valence-electron chi connectivity index (χ4n) is 3.23. The van der Waals surface area contributed by atoms with E-state index < -0.39 is 0 Å². The number of methoxy groups -OCH3 is 1. The second kappa shape index (κ2) is 6.23. The molecule has 2 fully saturated rings. The van der Waals surface area contributed by atoms with Gasteiger partial charge in [-0.15, -0.1) is 0 Å². The van der Waals surface area contributed by atoms with E-state index in [2.05, 4.69) is 11.4 Å². The molecule has 0 spiro atoms. The van der Waals surface area contributed by atoms with E-state index in [1.807, 2.05) is 6.07 Å². The molecule has 110 valence electrons. The van der Waals surface area contributed by atoms with Crippen molar-refractivity contribution in [3.8, 4) is 11.5 Å². The largest absolute Gasteiger partial charge is 0.491 e. The highest BCUT2D eigenvalue weighted by Gasteiger charge is 2.23. The summed E-state index contributed by atoms with van der Waals surface area (Å²) in [6.45, 7) is 1.08. The monoisotopic (exact) mass is 295 g/mol. The molecule has 20 heavy (non-hydrogen) atoms. The minimum atomic E-state index is 0.312. The van der Waals surface area contributed by atoms with Crippen LogP contribution in [0.4, 0.5) is 0 Å². The SMILES string of the molecule is COc1c(Cl)cc(C2CCCN2)cc1OC1CCCC1. The number of hydrogen-bond acceptors (Lipinski definition) is 3. The molecule has 4 heteroatoms. The topological polar surface area (TPSA) is 30.5 Å². The smallest absolute Gasteiger partial charge is 0.179 e. The second-order valence-corrected chi connectivity index (χ2v) is 6.11. The molecule has 3 nitrogen and oxygen atoms in total. The van der Waals surface area contributed by atoms with Crippen molar-refractivity contribution in [3.05, 3.63) is 22.7 Å². The third-order valence-corrected chi connectivity index (χ3v) is 4.58. The molecule has 0 radical (unpaired) electrons. The highest BCUT2D eigenvalue weighted by molar-refractivity contribution is 6.32. The van der Waals surface area contributed by atoms with Gasteiger partial charge >= 0.3 is 0 Å². The molecule has 1 unspecified atom stereocenters. The first-order valence-corrected chi connectivity index (χ1v) is 7.93. The van der Waals surface area contributed by atoms with Gasteiger partial charge in [0.1, 0.15) is 0 Å². The molecule has 1 atom stereocenters. The lowest BCUT2D eigenvalue weighted by Gasteiger charge is -2.20. The number of ether oxygens (including phenoxy) is 2. The van der Waals surface area contributed by atoms with Crippen molar-refractivity contribution < 1.29 is 9.47 Å². The van der Waals surface area contributed by atoms with Crippen LogP contribution in [0.2, 0.25) is 5.02 Å². The molecular weight excluding hydrogens is 274 g/mol. The minimum Gasteiger partial charge on any atom is -0.491 e. The quantitative estimate of drug-likeness (QED) is 0.907. The molecule has 0 amide bonds. The maximum absolute atomic E-state index is 6.37. The van der Waals surface area contributed by atoms with E-state index >= 15 is 0 Å². The fourth-order valence-corrected chi connectivity index (χ4v) is 3.53. The van der Waals surface area contributed by atoms with Crippen molar-refractivity contribution in [1.29, 1.82) is 0 Å². The molecule has 1 N–H and O–H groups in total. The molecule has 1 aliphatic carbocycles. The number of benzene rings is 1. The van der Waals surface area contributed by atoms with E-state index in [4.69, 9.17) is 21.1 Å². The summed E-state index contributed by atoms with van der Waals surface area (Å²) in [5.41, 5.74) is 1.21. The normalized spacial score (nSPS) is 23.2. The standard InChI is InChI=1S/C16H22ClNO2/c1-19-16-13(17)9-11(14-7-4-8-18-14)10-15(16)20-12-5-2-3-6-12/h9-10,12,14,18H,2-8H2,1H3. The van der Waals surface area contributed by atoms with Crippen molar-refractivity contribution in [2.75, 3.05) is 13.7 Å². The lowest BCUT2D eigenvalue weighted by molar-refractivity contribution is 0.200. The van der Waals surface area contributed by atoms with Gasteiger partial charge < -0.3 is 14.8 Å². The minimum absolute atomic E-state index is 0.312. The zero-order valence-electron chi connectivity index (χ0n) is 12.0. The summed E-state index contributed by atoms with van der Waals surface area (Å²) in [5.74, 6) is 1.47. The van der Waals surface area contributed by atoms with E-state index in [9.17, 15) is 0 Å². The van der Waals surface area contributed by atoms with E-state index in [0.717, 1.165) is 31.6 Å². The van der Waals surface area contributed by atoms with Crippen molar-refractivity contribution in [2.45, 2.75) is 50.7 Å². The van der Waals surface area contributed by atoms with E-state index in [1.54, 1.807) is 7.11 Å². The molecule has 1 aromatic carbocycles. The Kier molecular flexibility index (Phi) is 4.37. The number of halogens is 1. The first kappa shape index (κ1) is 14.0. The highest BCUT2D eigenvalue weighted by Crippen LogP contribution is 2.40. The summed E-state index contributed by atoms with van der Waals surface area (Å²) in [7, 11) is 1.65. The van der Waals surface area contributed by atoms with Gasteiger partial charge in [-0.25, -0.2) is 0 Å². The van der Waals surface area contributed by atoms with Crippen LogP contribution in [0, 0.1) is 0 Å². The molecule has 1 aromatic rings.